The fourth-order valence-corrected chi connectivity index (χ4v) is 6.13. The van der Waals surface area contributed by atoms with E-state index in [1.54, 1.807) is 29.1 Å². The van der Waals surface area contributed by atoms with Crippen LogP contribution < -0.4 is 10.6 Å². The predicted octanol–water partition coefficient (Wildman–Crippen LogP) is 3.28. The molecular formula is C25H30N4O3S. The molecule has 4 atom stereocenters. The highest BCUT2D eigenvalue weighted by molar-refractivity contribution is 8.01. The largest absolute Gasteiger partial charge is 0.350 e. The highest BCUT2D eigenvalue weighted by Gasteiger charge is 2.57. The molecule has 2 aromatic rings. The van der Waals surface area contributed by atoms with E-state index >= 15 is 0 Å². The van der Waals surface area contributed by atoms with Gasteiger partial charge in [-0.3, -0.25) is 19.4 Å². The summed E-state index contributed by atoms with van der Waals surface area (Å²) in [6.45, 7) is 8.27. The van der Waals surface area contributed by atoms with Crippen LogP contribution in [0, 0.1) is 5.92 Å². The summed E-state index contributed by atoms with van der Waals surface area (Å²) in [5.74, 6) is -0.715. The second-order valence-electron chi connectivity index (χ2n) is 9.22. The summed E-state index contributed by atoms with van der Waals surface area (Å²) in [6, 6.07) is 9.84. The van der Waals surface area contributed by atoms with Crippen LogP contribution in [0.1, 0.15) is 61.0 Å². The van der Waals surface area contributed by atoms with Crippen molar-refractivity contribution >= 4 is 29.5 Å². The first kappa shape index (κ1) is 23.3. The van der Waals surface area contributed by atoms with Gasteiger partial charge >= 0.3 is 0 Å². The molecule has 1 saturated heterocycles. The molecule has 0 bridgehead atoms. The molecule has 7 nitrogen and oxygen atoms in total. The molecule has 0 aliphatic carbocycles. The molecule has 1 aromatic heterocycles. The maximum absolute atomic E-state index is 13.6. The minimum atomic E-state index is -0.690. The predicted molar refractivity (Wildman–Crippen MR) is 128 cm³/mol. The van der Waals surface area contributed by atoms with Gasteiger partial charge < -0.3 is 15.5 Å². The van der Waals surface area contributed by atoms with E-state index < -0.39 is 16.8 Å². The van der Waals surface area contributed by atoms with Gasteiger partial charge in [-0.2, -0.15) is 0 Å². The van der Waals surface area contributed by atoms with Gasteiger partial charge in [-0.1, -0.05) is 38.5 Å². The van der Waals surface area contributed by atoms with Crippen LogP contribution in [0.2, 0.25) is 0 Å². The molecule has 0 saturated carbocycles. The van der Waals surface area contributed by atoms with Gasteiger partial charge in [0.05, 0.1) is 0 Å². The van der Waals surface area contributed by atoms with Crippen molar-refractivity contribution in [1.82, 2.24) is 20.5 Å². The minimum absolute atomic E-state index is 0.0640. The molecule has 1 aromatic carbocycles. The molecule has 2 N–H and O–H groups in total. The first-order valence-corrected chi connectivity index (χ1v) is 12.2. The SMILES string of the molecule is CCC(C)[C@H](NC(=O)[C@H]1N2C(=O)c3ccccc3C2SC1(C)C)C(=O)NCc1ccncc1. The number of pyridine rings is 1. The molecule has 0 spiro atoms. The van der Waals surface area contributed by atoms with Gasteiger partial charge in [-0.15, -0.1) is 11.8 Å². The molecule has 2 aliphatic heterocycles. The van der Waals surface area contributed by atoms with E-state index in [1.165, 1.54) is 0 Å². The number of hydrogen-bond acceptors (Lipinski definition) is 5. The van der Waals surface area contributed by atoms with E-state index in [2.05, 4.69) is 15.6 Å². The summed E-state index contributed by atoms with van der Waals surface area (Å²) in [5.41, 5.74) is 2.53. The Morgan fingerprint density at radius 2 is 1.88 bits per heavy atom. The number of thioether (sulfide) groups is 1. The third-order valence-corrected chi connectivity index (χ3v) is 8.09. The zero-order chi connectivity index (χ0) is 23.8. The molecule has 8 heteroatoms. The third kappa shape index (κ3) is 4.36. The molecular weight excluding hydrogens is 436 g/mol. The second kappa shape index (κ2) is 9.17. The van der Waals surface area contributed by atoms with Crippen molar-refractivity contribution in [2.24, 2.45) is 5.92 Å². The number of aromatic nitrogens is 1. The van der Waals surface area contributed by atoms with Gasteiger partial charge in [0, 0.05) is 29.2 Å². The van der Waals surface area contributed by atoms with Gasteiger partial charge in [-0.25, -0.2) is 0 Å². The van der Waals surface area contributed by atoms with E-state index in [4.69, 9.17) is 0 Å². The fourth-order valence-electron chi connectivity index (χ4n) is 4.54. The second-order valence-corrected chi connectivity index (χ2v) is 11.0. The lowest BCUT2D eigenvalue weighted by atomic mass is 9.95. The van der Waals surface area contributed by atoms with Crippen molar-refractivity contribution in [2.75, 3.05) is 0 Å². The Kier molecular flexibility index (Phi) is 6.47. The fraction of sp³-hybridized carbons (Fsp3) is 0.440. The van der Waals surface area contributed by atoms with Crippen molar-refractivity contribution in [3.8, 4) is 0 Å². The highest BCUT2D eigenvalue weighted by Crippen LogP contribution is 2.56. The lowest BCUT2D eigenvalue weighted by Gasteiger charge is -2.32. The van der Waals surface area contributed by atoms with Gasteiger partial charge in [0.15, 0.2) is 0 Å². The maximum atomic E-state index is 13.6. The minimum Gasteiger partial charge on any atom is -0.350 e. The summed E-state index contributed by atoms with van der Waals surface area (Å²) in [5, 5.41) is 5.73. The Morgan fingerprint density at radius 3 is 2.58 bits per heavy atom. The number of nitrogens with one attached hydrogen (secondary N) is 2. The number of carbonyl (C=O) groups is 3. The first-order valence-electron chi connectivity index (χ1n) is 11.3. The number of hydrogen-bond donors (Lipinski definition) is 2. The number of fused-ring (bicyclic) bond motifs is 3. The molecule has 174 valence electrons. The van der Waals surface area contributed by atoms with E-state index in [-0.39, 0.29) is 29.0 Å². The van der Waals surface area contributed by atoms with Gasteiger partial charge in [0.25, 0.3) is 5.91 Å². The van der Waals surface area contributed by atoms with Crippen molar-refractivity contribution in [3.63, 3.8) is 0 Å². The van der Waals surface area contributed by atoms with Crippen molar-refractivity contribution < 1.29 is 14.4 Å². The smallest absolute Gasteiger partial charge is 0.256 e. The summed E-state index contributed by atoms with van der Waals surface area (Å²) < 4.78 is -0.495. The van der Waals surface area contributed by atoms with Crippen LogP contribution in [0.5, 0.6) is 0 Å². The number of rotatable bonds is 7. The number of benzene rings is 1. The van der Waals surface area contributed by atoms with Gasteiger partial charge in [0.1, 0.15) is 17.5 Å². The molecule has 4 rings (SSSR count). The van der Waals surface area contributed by atoms with Gasteiger partial charge in [-0.05, 0) is 49.1 Å². The molecule has 2 unspecified atom stereocenters. The number of amides is 3. The molecule has 1 fully saturated rings. The van der Waals surface area contributed by atoms with Crippen LogP contribution in [0.4, 0.5) is 0 Å². The molecule has 3 amide bonds. The summed E-state index contributed by atoms with van der Waals surface area (Å²) >= 11 is 1.62. The maximum Gasteiger partial charge on any atom is 0.256 e. The summed E-state index contributed by atoms with van der Waals surface area (Å²) in [6.07, 6.45) is 4.08. The van der Waals surface area contributed by atoms with E-state index in [0.717, 1.165) is 17.5 Å². The van der Waals surface area contributed by atoms with E-state index in [0.29, 0.717) is 12.1 Å². The standard InChI is InChI=1S/C25H30N4O3S/c1-5-15(2)19(21(30)27-14-16-10-12-26-13-11-16)28-22(31)20-25(3,4)33-24-18-9-7-6-8-17(18)23(32)29(20)24/h6-13,15,19-20,24H,5,14H2,1-4H3,(H,27,30)(H,28,31)/t15?,19-,20+,24?/m0/s1. The van der Waals surface area contributed by atoms with Gasteiger partial charge in [0.2, 0.25) is 11.8 Å². The summed E-state index contributed by atoms with van der Waals surface area (Å²) in [7, 11) is 0. The molecule has 0 radical (unpaired) electrons. The highest BCUT2D eigenvalue weighted by atomic mass is 32.2. The average molecular weight is 467 g/mol. The zero-order valence-electron chi connectivity index (χ0n) is 19.4. The Morgan fingerprint density at radius 1 is 1.18 bits per heavy atom. The normalized spacial score (nSPS) is 22.3. The summed E-state index contributed by atoms with van der Waals surface area (Å²) in [4.78, 5) is 45.6. The van der Waals surface area contributed by atoms with E-state index in [1.807, 2.05) is 64.1 Å². The zero-order valence-corrected chi connectivity index (χ0v) is 20.2. The van der Waals surface area contributed by atoms with Crippen molar-refractivity contribution in [3.05, 3.63) is 65.5 Å². The lowest BCUT2D eigenvalue weighted by molar-refractivity contribution is -0.133. The van der Waals surface area contributed by atoms with Crippen LogP contribution in [0.3, 0.4) is 0 Å². The Hall–Kier alpha value is -2.87. The van der Waals surface area contributed by atoms with Crippen LogP contribution in [0.25, 0.3) is 0 Å². The van der Waals surface area contributed by atoms with Crippen molar-refractivity contribution in [2.45, 2.75) is 62.9 Å². The quantitative estimate of drug-likeness (QED) is 0.654. The van der Waals surface area contributed by atoms with Crippen molar-refractivity contribution in [1.29, 1.82) is 0 Å². The monoisotopic (exact) mass is 466 g/mol. The third-order valence-electron chi connectivity index (χ3n) is 6.55. The van der Waals surface area contributed by atoms with Crippen LogP contribution in [-0.2, 0) is 16.1 Å². The lowest BCUT2D eigenvalue weighted by Crippen LogP contribution is -2.58. The number of carbonyl (C=O) groups excluding carboxylic acids is 3. The molecule has 33 heavy (non-hydrogen) atoms. The first-order chi connectivity index (χ1) is 15.7. The Labute approximate surface area is 198 Å². The Bertz CT molecular complexity index is 1060. The average Bonchev–Trinajstić information content (AvgIpc) is 3.24. The molecule has 3 heterocycles. The topological polar surface area (TPSA) is 91.4 Å². The van der Waals surface area contributed by atoms with E-state index in [9.17, 15) is 14.4 Å². The van der Waals surface area contributed by atoms with Crippen LogP contribution >= 0.6 is 11.8 Å². The number of nitrogens with zero attached hydrogens (tertiary/aromatic N) is 2. The molecule has 2 aliphatic rings. The Balaban J connectivity index is 1.53. The van der Waals surface area contributed by atoms with Crippen LogP contribution in [-0.4, -0.2) is 44.4 Å². The van der Waals surface area contributed by atoms with Crippen LogP contribution in [0.15, 0.2) is 48.8 Å².